The van der Waals surface area contributed by atoms with Gasteiger partial charge in [0.25, 0.3) is 0 Å². The molecule has 3 rings (SSSR count). The Labute approximate surface area is 119 Å². The molecule has 1 aliphatic carbocycles. The Morgan fingerprint density at radius 2 is 1.42 bits per heavy atom. The van der Waals surface area contributed by atoms with Crippen LogP contribution in [0.3, 0.4) is 0 Å². The average Bonchev–Trinajstić information content (AvgIpc) is 2.66. The molecule has 0 radical (unpaired) electrons. The molecule has 2 aromatic rings. The first kappa shape index (κ1) is 12.3. The first-order valence-electron chi connectivity index (χ1n) is 5.62. The number of aliphatic carboxylic acids is 1. The molecule has 0 aliphatic heterocycles. The summed E-state index contributed by atoms with van der Waals surface area (Å²) in [6.45, 7) is 0. The lowest BCUT2D eigenvalue weighted by atomic mass is 10.0. The third kappa shape index (κ3) is 1.84. The number of hydrogen-bond donors (Lipinski definition) is 1. The molecule has 0 bridgehead atoms. The summed E-state index contributed by atoms with van der Waals surface area (Å²) in [6, 6.07) is 10.9. The number of carboxylic acids is 1. The Hall–Kier alpha value is -1.77. The second kappa shape index (κ2) is 4.41. The topological polar surface area (TPSA) is 37.3 Å². The number of rotatable bonds is 1. The normalized spacial score (nSPS) is 12.0. The number of fused-ring (bicyclic) bond motifs is 3. The van der Waals surface area contributed by atoms with E-state index in [2.05, 4.69) is 0 Å². The molecule has 0 aromatic heterocycles. The van der Waals surface area contributed by atoms with Crippen LogP contribution in [0.5, 0.6) is 0 Å². The Morgan fingerprint density at radius 3 is 1.84 bits per heavy atom. The molecule has 0 amide bonds. The Kier molecular flexibility index (Phi) is 2.85. The number of halogens is 2. The summed E-state index contributed by atoms with van der Waals surface area (Å²) < 4.78 is 0. The molecule has 0 heterocycles. The van der Waals surface area contributed by atoms with E-state index >= 15 is 0 Å². The number of hydrogen-bond acceptors (Lipinski definition) is 1. The zero-order valence-corrected chi connectivity index (χ0v) is 11.2. The maximum atomic E-state index is 11.0. The molecule has 0 atom stereocenters. The molecule has 94 valence electrons. The van der Waals surface area contributed by atoms with Gasteiger partial charge in [-0.15, -0.1) is 0 Å². The molecule has 0 fully saturated rings. The van der Waals surface area contributed by atoms with Crippen LogP contribution in [-0.4, -0.2) is 11.1 Å². The van der Waals surface area contributed by atoms with Crippen molar-refractivity contribution in [1.82, 2.24) is 0 Å². The monoisotopic (exact) mass is 290 g/mol. The van der Waals surface area contributed by atoms with Crippen LogP contribution in [0.15, 0.2) is 42.5 Å². The van der Waals surface area contributed by atoms with Crippen LogP contribution < -0.4 is 0 Å². The quantitative estimate of drug-likeness (QED) is 0.671. The van der Waals surface area contributed by atoms with Crippen LogP contribution in [0.2, 0.25) is 10.0 Å². The first-order valence-corrected chi connectivity index (χ1v) is 6.38. The zero-order chi connectivity index (χ0) is 13.6. The summed E-state index contributed by atoms with van der Waals surface area (Å²) in [5.74, 6) is -0.992. The highest BCUT2D eigenvalue weighted by Gasteiger charge is 2.27. The number of carboxylic acid groups (broad SMARTS) is 1. The summed E-state index contributed by atoms with van der Waals surface area (Å²) in [7, 11) is 0. The van der Waals surface area contributed by atoms with Crippen LogP contribution >= 0.6 is 23.2 Å². The van der Waals surface area contributed by atoms with Crippen molar-refractivity contribution < 1.29 is 9.90 Å². The fourth-order valence-electron chi connectivity index (χ4n) is 2.43. The Balaban J connectivity index is 2.44. The van der Waals surface area contributed by atoms with E-state index in [1.807, 2.05) is 12.1 Å². The van der Waals surface area contributed by atoms with Crippen molar-refractivity contribution in [2.45, 2.75) is 0 Å². The second-order valence-electron chi connectivity index (χ2n) is 4.22. The molecule has 0 saturated heterocycles. The smallest absolute Gasteiger partial charge is 0.328 e. The van der Waals surface area contributed by atoms with Crippen molar-refractivity contribution in [1.29, 1.82) is 0 Å². The third-order valence-electron chi connectivity index (χ3n) is 3.13. The molecular formula is C15H8Cl2O2. The minimum absolute atomic E-state index is 0.570. The number of benzene rings is 2. The predicted molar refractivity (Wildman–Crippen MR) is 76.6 cm³/mol. The molecule has 2 aromatic carbocycles. The first-order chi connectivity index (χ1) is 9.09. The van der Waals surface area contributed by atoms with E-state index in [4.69, 9.17) is 28.3 Å². The van der Waals surface area contributed by atoms with Gasteiger partial charge in [0, 0.05) is 27.2 Å². The average molecular weight is 291 g/mol. The molecule has 19 heavy (non-hydrogen) atoms. The van der Waals surface area contributed by atoms with Crippen molar-refractivity contribution in [3.05, 3.63) is 63.6 Å². The molecule has 0 unspecified atom stereocenters. The SMILES string of the molecule is O=C(O)C=C1c2cccc(Cl)c2-c2c(Cl)cccc21. The van der Waals surface area contributed by atoms with Crippen molar-refractivity contribution in [3.8, 4) is 11.1 Å². The molecule has 2 nitrogen and oxygen atoms in total. The predicted octanol–water partition coefficient (Wildman–Crippen LogP) is 4.49. The maximum absolute atomic E-state index is 11.0. The lowest BCUT2D eigenvalue weighted by molar-refractivity contribution is -0.131. The molecule has 0 spiro atoms. The van der Waals surface area contributed by atoms with Crippen molar-refractivity contribution in [2.75, 3.05) is 0 Å². The minimum Gasteiger partial charge on any atom is -0.478 e. The van der Waals surface area contributed by atoms with Gasteiger partial charge < -0.3 is 5.11 Å². The summed E-state index contributed by atoms with van der Waals surface area (Å²) in [5.41, 5.74) is 3.85. The van der Waals surface area contributed by atoms with E-state index in [0.29, 0.717) is 15.6 Å². The van der Waals surface area contributed by atoms with Gasteiger partial charge in [0.1, 0.15) is 0 Å². The standard InChI is InChI=1S/C15H8Cl2O2/c16-11-5-1-3-8-10(7-13(18)19)9-4-2-6-12(17)15(9)14(8)11/h1-7H,(H,18,19). The van der Waals surface area contributed by atoms with E-state index in [-0.39, 0.29) is 0 Å². The van der Waals surface area contributed by atoms with Gasteiger partial charge in [0.05, 0.1) is 0 Å². The lowest BCUT2D eigenvalue weighted by Crippen LogP contribution is -1.91. The summed E-state index contributed by atoms with van der Waals surface area (Å²) in [4.78, 5) is 11.0. The van der Waals surface area contributed by atoms with Gasteiger partial charge in [-0.1, -0.05) is 47.5 Å². The van der Waals surface area contributed by atoms with Gasteiger partial charge in [-0.2, -0.15) is 0 Å². The fourth-order valence-corrected chi connectivity index (χ4v) is 2.97. The number of carbonyl (C=O) groups is 1. The molecule has 4 heteroatoms. The summed E-state index contributed by atoms with van der Waals surface area (Å²) in [6.07, 6.45) is 1.19. The largest absolute Gasteiger partial charge is 0.478 e. The molecule has 0 saturated carbocycles. The van der Waals surface area contributed by atoms with Crippen molar-refractivity contribution in [3.63, 3.8) is 0 Å². The summed E-state index contributed by atoms with van der Waals surface area (Å²) in [5, 5.41) is 10.2. The summed E-state index contributed by atoms with van der Waals surface area (Å²) >= 11 is 12.5. The van der Waals surface area contributed by atoms with E-state index in [0.717, 1.165) is 22.3 Å². The maximum Gasteiger partial charge on any atom is 0.328 e. The van der Waals surface area contributed by atoms with Gasteiger partial charge in [0.15, 0.2) is 0 Å². The van der Waals surface area contributed by atoms with Crippen molar-refractivity contribution in [2.24, 2.45) is 0 Å². The highest BCUT2D eigenvalue weighted by atomic mass is 35.5. The van der Waals surface area contributed by atoms with Crippen molar-refractivity contribution >= 4 is 34.7 Å². The Bertz CT molecular complexity index is 679. The fraction of sp³-hybridized carbons (Fsp3) is 0. The Morgan fingerprint density at radius 1 is 0.947 bits per heavy atom. The van der Waals surface area contributed by atoms with Crippen LogP contribution in [0.1, 0.15) is 11.1 Å². The van der Waals surface area contributed by atoms with Gasteiger partial charge in [-0.25, -0.2) is 4.79 Å². The van der Waals surface area contributed by atoms with E-state index in [1.54, 1.807) is 24.3 Å². The van der Waals surface area contributed by atoms with Gasteiger partial charge in [-0.3, -0.25) is 0 Å². The van der Waals surface area contributed by atoms with Crippen LogP contribution in [-0.2, 0) is 4.79 Å². The molecule has 1 N–H and O–H groups in total. The molecule has 1 aliphatic rings. The van der Waals surface area contributed by atoms with Crippen LogP contribution in [0, 0.1) is 0 Å². The zero-order valence-electron chi connectivity index (χ0n) is 9.65. The highest BCUT2D eigenvalue weighted by Crippen LogP contribution is 2.50. The van der Waals surface area contributed by atoms with Crippen LogP contribution in [0.25, 0.3) is 16.7 Å². The highest BCUT2D eigenvalue weighted by molar-refractivity contribution is 6.38. The second-order valence-corrected chi connectivity index (χ2v) is 5.04. The van der Waals surface area contributed by atoms with Gasteiger partial charge in [-0.05, 0) is 28.8 Å². The lowest BCUT2D eigenvalue weighted by Gasteiger charge is -2.04. The van der Waals surface area contributed by atoms with Gasteiger partial charge >= 0.3 is 5.97 Å². The van der Waals surface area contributed by atoms with E-state index < -0.39 is 5.97 Å². The molecular weight excluding hydrogens is 283 g/mol. The van der Waals surface area contributed by atoms with E-state index in [1.165, 1.54) is 6.08 Å². The minimum atomic E-state index is -0.992. The van der Waals surface area contributed by atoms with E-state index in [9.17, 15) is 4.79 Å². The third-order valence-corrected chi connectivity index (χ3v) is 3.76. The van der Waals surface area contributed by atoms with Crippen LogP contribution in [0.4, 0.5) is 0 Å². The van der Waals surface area contributed by atoms with Gasteiger partial charge in [0.2, 0.25) is 0 Å².